The molecule has 2 rings (SSSR count). The molecule has 0 atom stereocenters. The standard InChI is InChI=1S/C13H14FNO2/c1-13(2)7-8(6-11(15)16)12-9(14)4-3-5-10(12)17-13/h3-6H,7H2,1-2H3,(H2,15,16). The lowest BCUT2D eigenvalue weighted by atomic mass is 9.89. The zero-order chi connectivity index (χ0) is 12.6. The summed E-state index contributed by atoms with van der Waals surface area (Å²) in [5.41, 5.74) is 5.59. The molecule has 0 bridgehead atoms. The molecule has 0 fully saturated rings. The molecule has 1 aliphatic heterocycles. The summed E-state index contributed by atoms with van der Waals surface area (Å²) < 4.78 is 19.4. The van der Waals surface area contributed by atoms with Crippen molar-refractivity contribution < 1.29 is 13.9 Å². The van der Waals surface area contributed by atoms with E-state index in [-0.39, 0.29) is 0 Å². The summed E-state index contributed by atoms with van der Waals surface area (Å²) in [5, 5.41) is 0. The van der Waals surface area contributed by atoms with E-state index < -0.39 is 17.3 Å². The first-order chi connectivity index (χ1) is 7.89. The topological polar surface area (TPSA) is 52.3 Å². The van der Waals surface area contributed by atoms with Gasteiger partial charge in [0.15, 0.2) is 0 Å². The quantitative estimate of drug-likeness (QED) is 0.759. The number of carbonyl (C=O) groups is 1. The van der Waals surface area contributed by atoms with Crippen LogP contribution in [0.5, 0.6) is 5.75 Å². The number of benzene rings is 1. The zero-order valence-electron chi connectivity index (χ0n) is 9.79. The first-order valence-corrected chi connectivity index (χ1v) is 5.37. The number of fused-ring (bicyclic) bond motifs is 1. The van der Waals surface area contributed by atoms with Crippen LogP contribution >= 0.6 is 0 Å². The Morgan fingerprint density at radius 3 is 2.88 bits per heavy atom. The molecule has 17 heavy (non-hydrogen) atoms. The summed E-state index contributed by atoms with van der Waals surface area (Å²) in [6.07, 6.45) is 1.72. The van der Waals surface area contributed by atoms with E-state index in [9.17, 15) is 9.18 Å². The fourth-order valence-corrected chi connectivity index (χ4v) is 2.08. The van der Waals surface area contributed by atoms with Crippen molar-refractivity contribution in [3.05, 3.63) is 35.7 Å². The summed E-state index contributed by atoms with van der Waals surface area (Å²) in [4.78, 5) is 11.0. The fraction of sp³-hybridized carbons (Fsp3) is 0.308. The lowest BCUT2D eigenvalue weighted by Gasteiger charge is -2.34. The second-order valence-corrected chi connectivity index (χ2v) is 4.72. The van der Waals surface area contributed by atoms with Gasteiger partial charge in [0.25, 0.3) is 0 Å². The smallest absolute Gasteiger partial charge is 0.241 e. The predicted molar refractivity (Wildman–Crippen MR) is 62.9 cm³/mol. The highest BCUT2D eigenvalue weighted by molar-refractivity contribution is 5.95. The number of hydrogen-bond acceptors (Lipinski definition) is 2. The minimum absolute atomic E-state index is 0.339. The van der Waals surface area contributed by atoms with Gasteiger partial charge >= 0.3 is 0 Å². The van der Waals surface area contributed by atoms with Crippen LogP contribution < -0.4 is 10.5 Å². The highest BCUT2D eigenvalue weighted by Crippen LogP contribution is 2.41. The molecule has 2 N–H and O–H groups in total. The van der Waals surface area contributed by atoms with E-state index in [1.54, 1.807) is 12.1 Å². The van der Waals surface area contributed by atoms with Gasteiger partial charge in [-0.3, -0.25) is 4.79 Å². The van der Waals surface area contributed by atoms with Crippen molar-refractivity contribution in [3.8, 4) is 5.75 Å². The van der Waals surface area contributed by atoms with E-state index in [4.69, 9.17) is 10.5 Å². The Kier molecular flexibility index (Phi) is 2.65. The number of ether oxygens (including phenoxy) is 1. The maximum atomic E-state index is 13.8. The summed E-state index contributed by atoms with van der Waals surface area (Å²) in [6, 6.07) is 4.61. The van der Waals surface area contributed by atoms with Gasteiger partial charge in [-0.15, -0.1) is 0 Å². The Bertz CT molecular complexity index is 506. The zero-order valence-corrected chi connectivity index (χ0v) is 9.79. The van der Waals surface area contributed by atoms with Crippen LogP contribution in [-0.4, -0.2) is 11.5 Å². The lowest BCUT2D eigenvalue weighted by molar-refractivity contribution is -0.113. The number of nitrogens with two attached hydrogens (primary N) is 1. The minimum atomic E-state index is -0.577. The van der Waals surface area contributed by atoms with Crippen LogP contribution in [-0.2, 0) is 4.79 Å². The SMILES string of the molecule is CC1(C)CC(=CC(N)=O)c2c(F)cccc2O1. The third-order valence-corrected chi connectivity index (χ3v) is 2.62. The van der Waals surface area contributed by atoms with E-state index >= 15 is 0 Å². The average Bonchev–Trinajstić information content (AvgIpc) is 2.13. The van der Waals surface area contributed by atoms with Gasteiger partial charge in [0, 0.05) is 12.5 Å². The molecular weight excluding hydrogens is 221 g/mol. The van der Waals surface area contributed by atoms with E-state index in [1.165, 1.54) is 12.1 Å². The molecule has 0 saturated heterocycles. The summed E-state index contributed by atoms with van der Waals surface area (Å²) in [7, 11) is 0. The van der Waals surface area contributed by atoms with Crippen LogP contribution in [0.1, 0.15) is 25.8 Å². The van der Waals surface area contributed by atoms with Gasteiger partial charge in [-0.2, -0.15) is 0 Å². The molecule has 4 heteroatoms. The predicted octanol–water partition coefficient (Wildman–Crippen LogP) is 2.26. The Labute approximate surface area is 99.1 Å². The lowest BCUT2D eigenvalue weighted by Crippen LogP contribution is -2.32. The van der Waals surface area contributed by atoms with Gasteiger partial charge in [-0.25, -0.2) is 4.39 Å². The number of amides is 1. The number of primary amides is 1. The fourth-order valence-electron chi connectivity index (χ4n) is 2.08. The number of halogens is 1. The molecule has 1 amide bonds. The van der Waals surface area contributed by atoms with E-state index in [2.05, 4.69) is 0 Å². The van der Waals surface area contributed by atoms with E-state index in [0.717, 1.165) is 0 Å². The maximum absolute atomic E-state index is 13.8. The molecule has 0 unspecified atom stereocenters. The van der Waals surface area contributed by atoms with Crippen molar-refractivity contribution in [1.29, 1.82) is 0 Å². The van der Waals surface area contributed by atoms with Crippen LogP contribution in [0.4, 0.5) is 4.39 Å². The molecule has 0 saturated carbocycles. The van der Waals surface area contributed by atoms with Crippen molar-refractivity contribution >= 4 is 11.5 Å². The van der Waals surface area contributed by atoms with E-state index in [0.29, 0.717) is 23.3 Å². The highest BCUT2D eigenvalue weighted by Gasteiger charge is 2.31. The summed E-state index contributed by atoms with van der Waals surface area (Å²) in [6.45, 7) is 3.77. The highest BCUT2D eigenvalue weighted by atomic mass is 19.1. The largest absolute Gasteiger partial charge is 0.487 e. The summed E-state index contributed by atoms with van der Waals surface area (Å²) >= 11 is 0. The molecule has 0 spiro atoms. The van der Waals surface area contributed by atoms with Crippen molar-refractivity contribution in [2.45, 2.75) is 25.9 Å². The van der Waals surface area contributed by atoms with Gasteiger partial charge in [-0.1, -0.05) is 6.07 Å². The van der Waals surface area contributed by atoms with Crippen LogP contribution in [0.3, 0.4) is 0 Å². The van der Waals surface area contributed by atoms with Gasteiger partial charge in [0.2, 0.25) is 5.91 Å². The van der Waals surface area contributed by atoms with Gasteiger partial charge in [-0.05, 0) is 31.6 Å². The maximum Gasteiger partial charge on any atom is 0.241 e. The van der Waals surface area contributed by atoms with Crippen molar-refractivity contribution in [3.63, 3.8) is 0 Å². The van der Waals surface area contributed by atoms with E-state index in [1.807, 2.05) is 13.8 Å². The summed E-state index contributed by atoms with van der Waals surface area (Å²) in [5.74, 6) is -0.522. The first-order valence-electron chi connectivity index (χ1n) is 5.37. The van der Waals surface area contributed by atoms with Gasteiger partial charge < -0.3 is 10.5 Å². The van der Waals surface area contributed by atoms with Gasteiger partial charge in [0.1, 0.15) is 17.2 Å². The van der Waals surface area contributed by atoms with Crippen LogP contribution in [0.25, 0.3) is 5.57 Å². The molecule has 1 aliphatic rings. The van der Waals surface area contributed by atoms with Crippen molar-refractivity contribution in [2.24, 2.45) is 5.73 Å². The number of hydrogen-bond donors (Lipinski definition) is 1. The Hall–Kier alpha value is -1.84. The molecule has 90 valence electrons. The molecule has 0 aliphatic carbocycles. The monoisotopic (exact) mass is 235 g/mol. The molecule has 1 aromatic rings. The Balaban J connectivity index is 2.60. The number of carbonyl (C=O) groups excluding carboxylic acids is 1. The Morgan fingerprint density at radius 2 is 2.24 bits per heavy atom. The molecule has 1 aromatic carbocycles. The van der Waals surface area contributed by atoms with Crippen molar-refractivity contribution in [2.75, 3.05) is 0 Å². The van der Waals surface area contributed by atoms with Crippen molar-refractivity contribution in [1.82, 2.24) is 0 Å². The van der Waals surface area contributed by atoms with Crippen LogP contribution in [0.15, 0.2) is 24.3 Å². The molecule has 0 radical (unpaired) electrons. The Morgan fingerprint density at radius 1 is 1.53 bits per heavy atom. The average molecular weight is 235 g/mol. The third-order valence-electron chi connectivity index (χ3n) is 2.62. The minimum Gasteiger partial charge on any atom is -0.487 e. The third kappa shape index (κ3) is 2.30. The first kappa shape index (κ1) is 11.6. The van der Waals surface area contributed by atoms with Gasteiger partial charge in [0.05, 0.1) is 5.56 Å². The molecule has 1 heterocycles. The van der Waals surface area contributed by atoms with Crippen LogP contribution in [0, 0.1) is 5.82 Å². The molecular formula is C13H14FNO2. The second kappa shape index (κ2) is 3.87. The molecule has 0 aromatic heterocycles. The molecule has 3 nitrogen and oxygen atoms in total. The second-order valence-electron chi connectivity index (χ2n) is 4.72. The number of rotatable bonds is 1. The van der Waals surface area contributed by atoms with Crippen LogP contribution in [0.2, 0.25) is 0 Å². The normalized spacial score (nSPS) is 19.6.